The number of methoxy groups -OCH3 is 1. The van der Waals surface area contributed by atoms with Crippen molar-refractivity contribution < 1.29 is 17.9 Å². The molecular weight excluding hydrogens is 381 g/mol. The summed E-state index contributed by atoms with van der Waals surface area (Å²) in [5, 5.41) is 1.92. The van der Waals surface area contributed by atoms with Crippen LogP contribution in [0.3, 0.4) is 0 Å². The van der Waals surface area contributed by atoms with Crippen LogP contribution in [0.15, 0.2) is 23.1 Å². The predicted molar refractivity (Wildman–Crippen MR) is 86.9 cm³/mol. The molecule has 0 atom stereocenters. The summed E-state index contributed by atoms with van der Waals surface area (Å²) in [6, 6.07) is 3.01. The van der Waals surface area contributed by atoms with Gasteiger partial charge < -0.3 is 4.74 Å². The minimum Gasteiger partial charge on any atom is -0.467 e. The van der Waals surface area contributed by atoms with Crippen molar-refractivity contribution in [2.45, 2.75) is 11.8 Å². The number of aromatic nitrogens is 3. The molecule has 2 aromatic rings. The van der Waals surface area contributed by atoms with Crippen LogP contribution in [0.4, 0.5) is 10.7 Å². The van der Waals surface area contributed by atoms with E-state index in [1.54, 1.807) is 11.6 Å². The molecule has 0 spiro atoms. The van der Waals surface area contributed by atoms with Gasteiger partial charge in [0.15, 0.2) is 0 Å². The standard InChI is InChI=1S/C12H11Cl2N5O4S/c1-6-15-10(18-12(16-6)23-2)17-11(20)19-24(21,22)9-7(13)4-3-5-8(9)14/h3-5H,1-2H3,(H2,15,16,17,18,19,20). The van der Waals surface area contributed by atoms with Crippen LogP contribution in [-0.2, 0) is 10.0 Å². The van der Waals surface area contributed by atoms with Gasteiger partial charge in [-0.2, -0.15) is 15.0 Å². The van der Waals surface area contributed by atoms with Gasteiger partial charge in [0, 0.05) is 0 Å². The van der Waals surface area contributed by atoms with Gasteiger partial charge in [-0.25, -0.2) is 17.9 Å². The van der Waals surface area contributed by atoms with Crippen molar-refractivity contribution in [3.05, 3.63) is 34.1 Å². The van der Waals surface area contributed by atoms with E-state index in [-0.39, 0.29) is 27.8 Å². The van der Waals surface area contributed by atoms with Crippen LogP contribution in [-0.4, -0.2) is 36.5 Å². The number of amides is 2. The van der Waals surface area contributed by atoms with Gasteiger partial charge in [0.2, 0.25) is 5.95 Å². The molecule has 0 aliphatic carbocycles. The van der Waals surface area contributed by atoms with Crippen molar-refractivity contribution in [3.63, 3.8) is 0 Å². The number of nitrogens with zero attached hydrogens (tertiary/aromatic N) is 3. The van der Waals surface area contributed by atoms with E-state index >= 15 is 0 Å². The zero-order chi connectivity index (χ0) is 17.9. The maximum absolute atomic E-state index is 12.2. The molecule has 0 saturated carbocycles. The highest BCUT2D eigenvalue weighted by Crippen LogP contribution is 2.28. The number of benzene rings is 1. The van der Waals surface area contributed by atoms with Crippen molar-refractivity contribution in [2.75, 3.05) is 12.4 Å². The van der Waals surface area contributed by atoms with E-state index < -0.39 is 20.9 Å². The molecule has 2 N–H and O–H groups in total. The van der Waals surface area contributed by atoms with E-state index in [9.17, 15) is 13.2 Å². The van der Waals surface area contributed by atoms with E-state index in [0.29, 0.717) is 0 Å². The molecule has 12 heteroatoms. The fourth-order valence-electron chi connectivity index (χ4n) is 1.64. The van der Waals surface area contributed by atoms with Crippen LogP contribution in [0.1, 0.15) is 5.82 Å². The van der Waals surface area contributed by atoms with Gasteiger partial charge >= 0.3 is 12.0 Å². The number of hydrogen-bond donors (Lipinski definition) is 2. The van der Waals surface area contributed by atoms with Gasteiger partial charge in [-0.05, 0) is 19.1 Å². The van der Waals surface area contributed by atoms with Crippen LogP contribution in [0, 0.1) is 6.92 Å². The third-order valence-electron chi connectivity index (χ3n) is 2.55. The van der Waals surface area contributed by atoms with Crippen LogP contribution < -0.4 is 14.8 Å². The molecule has 1 aromatic heterocycles. The topological polar surface area (TPSA) is 123 Å². The summed E-state index contributed by atoms with van der Waals surface area (Å²) < 4.78 is 31.1. The lowest BCUT2D eigenvalue weighted by molar-refractivity contribution is 0.256. The summed E-state index contributed by atoms with van der Waals surface area (Å²) in [5.41, 5.74) is 0. The average Bonchev–Trinajstić information content (AvgIpc) is 2.45. The molecule has 1 aromatic carbocycles. The first-order valence-electron chi connectivity index (χ1n) is 6.27. The second-order valence-corrected chi connectivity index (χ2v) is 6.74. The average molecular weight is 392 g/mol. The molecule has 0 aliphatic rings. The van der Waals surface area contributed by atoms with E-state index in [4.69, 9.17) is 27.9 Å². The van der Waals surface area contributed by atoms with Crippen LogP contribution in [0.25, 0.3) is 0 Å². The zero-order valence-corrected chi connectivity index (χ0v) is 14.7. The Balaban J connectivity index is 2.22. The number of halogens is 2. The molecule has 0 unspecified atom stereocenters. The van der Waals surface area contributed by atoms with E-state index in [0.717, 1.165) is 0 Å². The van der Waals surface area contributed by atoms with Gasteiger partial charge in [0.05, 0.1) is 17.2 Å². The van der Waals surface area contributed by atoms with E-state index in [1.807, 2.05) is 0 Å². The zero-order valence-electron chi connectivity index (χ0n) is 12.4. The lowest BCUT2D eigenvalue weighted by Gasteiger charge is -2.10. The third-order valence-corrected chi connectivity index (χ3v) is 4.83. The second-order valence-electron chi connectivity index (χ2n) is 4.30. The SMILES string of the molecule is COc1nc(C)nc(NC(=O)NS(=O)(=O)c2c(Cl)cccc2Cl)n1. The van der Waals surface area contributed by atoms with Crippen LogP contribution in [0.5, 0.6) is 6.01 Å². The van der Waals surface area contributed by atoms with Crippen LogP contribution in [0.2, 0.25) is 10.0 Å². The Morgan fingerprint density at radius 1 is 1.17 bits per heavy atom. The number of anilines is 1. The largest absolute Gasteiger partial charge is 0.467 e. The molecule has 2 amide bonds. The normalized spacial score (nSPS) is 11.0. The van der Waals surface area contributed by atoms with Gasteiger partial charge in [-0.15, -0.1) is 0 Å². The first-order valence-corrected chi connectivity index (χ1v) is 8.51. The van der Waals surface area contributed by atoms with Crippen molar-refractivity contribution in [1.82, 2.24) is 19.7 Å². The first-order chi connectivity index (χ1) is 11.2. The predicted octanol–water partition coefficient (Wildman–Crippen LogP) is 2.01. The molecule has 0 saturated heterocycles. The Morgan fingerprint density at radius 3 is 2.38 bits per heavy atom. The Kier molecular flexibility index (Phi) is 5.42. The third kappa shape index (κ3) is 4.22. The maximum Gasteiger partial charge on any atom is 0.335 e. The van der Waals surface area contributed by atoms with E-state index in [1.165, 1.54) is 25.3 Å². The van der Waals surface area contributed by atoms with Crippen molar-refractivity contribution >= 4 is 45.2 Å². The second kappa shape index (κ2) is 7.16. The molecule has 1 heterocycles. The number of carbonyl (C=O) groups excluding carboxylic acids is 1. The smallest absolute Gasteiger partial charge is 0.335 e. The Bertz CT molecular complexity index is 871. The molecule has 9 nitrogen and oxygen atoms in total. The summed E-state index contributed by atoms with van der Waals surface area (Å²) in [5.74, 6) is 0.0893. The highest BCUT2D eigenvalue weighted by atomic mass is 35.5. The number of nitrogens with one attached hydrogen (secondary N) is 2. The Labute approximate surface area is 147 Å². The molecule has 0 bridgehead atoms. The lowest BCUT2D eigenvalue weighted by Crippen LogP contribution is -2.35. The summed E-state index contributed by atoms with van der Waals surface area (Å²) >= 11 is 11.7. The summed E-state index contributed by atoms with van der Waals surface area (Å²) in [6.45, 7) is 1.55. The number of urea groups is 1. The van der Waals surface area contributed by atoms with Crippen molar-refractivity contribution in [2.24, 2.45) is 0 Å². The first kappa shape index (κ1) is 18.2. The summed E-state index contributed by atoms with van der Waals surface area (Å²) in [4.78, 5) is 22.9. The van der Waals surface area contributed by atoms with Crippen molar-refractivity contribution in [1.29, 1.82) is 0 Å². The molecule has 128 valence electrons. The molecule has 0 aliphatic heterocycles. The Hall–Kier alpha value is -2.17. The van der Waals surface area contributed by atoms with Gasteiger partial charge in [0.1, 0.15) is 10.7 Å². The van der Waals surface area contributed by atoms with Gasteiger partial charge in [-0.1, -0.05) is 29.3 Å². The highest BCUT2D eigenvalue weighted by Gasteiger charge is 2.24. The number of ether oxygens (including phenoxy) is 1. The molecule has 24 heavy (non-hydrogen) atoms. The minimum atomic E-state index is -4.30. The molecule has 0 radical (unpaired) electrons. The van der Waals surface area contributed by atoms with Gasteiger partial charge in [-0.3, -0.25) is 5.32 Å². The maximum atomic E-state index is 12.2. The molecule has 0 fully saturated rings. The number of carbonyl (C=O) groups is 1. The summed E-state index contributed by atoms with van der Waals surface area (Å²) in [7, 11) is -2.96. The number of sulfonamides is 1. The number of rotatable bonds is 4. The number of aryl methyl sites for hydroxylation is 1. The van der Waals surface area contributed by atoms with Crippen LogP contribution >= 0.6 is 23.2 Å². The summed E-state index contributed by atoms with van der Waals surface area (Å²) in [6.07, 6.45) is 0. The number of hydrogen-bond acceptors (Lipinski definition) is 7. The quantitative estimate of drug-likeness (QED) is 0.816. The van der Waals surface area contributed by atoms with Crippen molar-refractivity contribution in [3.8, 4) is 6.01 Å². The fraction of sp³-hybridized carbons (Fsp3) is 0.167. The Morgan fingerprint density at radius 2 is 1.79 bits per heavy atom. The molecule has 2 rings (SSSR count). The van der Waals surface area contributed by atoms with E-state index in [2.05, 4.69) is 20.3 Å². The lowest BCUT2D eigenvalue weighted by atomic mass is 10.4. The van der Waals surface area contributed by atoms with Gasteiger partial charge in [0.25, 0.3) is 10.0 Å². The fourth-order valence-corrected chi connectivity index (χ4v) is 3.70. The minimum absolute atomic E-state index is 0.0326. The monoisotopic (exact) mass is 391 g/mol. The molecular formula is C12H11Cl2N5O4S. The highest BCUT2D eigenvalue weighted by molar-refractivity contribution is 7.90.